The first-order valence-corrected chi connectivity index (χ1v) is 7.28. The van der Waals surface area contributed by atoms with Crippen molar-refractivity contribution >= 4 is 17.3 Å². The smallest absolute Gasteiger partial charge is 0.273 e. The van der Waals surface area contributed by atoms with Gasteiger partial charge in [-0.05, 0) is 26.1 Å². The van der Waals surface area contributed by atoms with Gasteiger partial charge in [0.1, 0.15) is 5.75 Å². The number of carbonyl (C=O) groups is 1. The Bertz CT molecular complexity index is 520. The van der Waals surface area contributed by atoms with Crippen molar-refractivity contribution in [2.75, 3.05) is 32.6 Å². The van der Waals surface area contributed by atoms with Gasteiger partial charge in [-0.2, -0.15) is 0 Å². The van der Waals surface area contributed by atoms with Gasteiger partial charge in [0.05, 0.1) is 23.8 Å². The van der Waals surface area contributed by atoms with Crippen LogP contribution < -0.4 is 10.1 Å². The lowest BCUT2D eigenvalue weighted by Gasteiger charge is -2.16. The van der Waals surface area contributed by atoms with Crippen molar-refractivity contribution in [2.45, 2.75) is 26.2 Å². The SMILES string of the molecule is CCCCN(C)CCC(=O)Nc1ccc([N+](=O)[O-])cc1OC. The molecule has 1 aromatic carbocycles. The Morgan fingerprint density at radius 1 is 1.41 bits per heavy atom. The molecule has 0 saturated heterocycles. The lowest BCUT2D eigenvalue weighted by molar-refractivity contribution is -0.384. The molecule has 0 aromatic heterocycles. The van der Waals surface area contributed by atoms with Crippen molar-refractivity contribution in [2.24, 2.45) is 0 Å². The highest BCUT2D eigenvalue weighted by molar-refractivity contribution is 5.92. The molecule has 1 N–H and O–H groups in total. The lowest BCUT2D eigenvalue weighted by Crippen LogP contribution is -2.25. The maximum Gasteiger partial charge on any atom is 0.273 e. The van der Waals surface area contributed by atoms with E-state index >= 15 is 0 Å². The monoisotopic (exact) mass is 309 g/mol. The standard InChI is InChI=1S/C15H23N3O4/c1-4-5-9-17(2)10-8-15(19)16-13-7-6-12(18(20)21)11-14(13)22-3/h6-7,11H,4-5,8-10H2,1-3H3,(H,16,19). The highest BCUT2D eigenvalue weighted by Crippen LogP contribution is 2.29. The first kappa shape index (κ1) is 17.9. The molecule has 0 aliphatic rings. The van der Waals surface area contributed by atoms with Crippen LogP contribution in [0.2, 0.25) is 0 Å². The maximum atomic E-state index is 12.0. The molecule has 7 heteroatoms. The average molecular weight is 309 g/mol. The fraction of sp³-hybridized carbons (Fsp3) is 0.533. The zero-order valence-electron chi connectivity index (χ0n) is 13.3. The van der Waals surface area contributed by atoms with E-state index in [0.717, 1.165) is 19.4 Å². The Hall–Kier alpha value is -2.15. The molecule has 0 fully saturated rings. The first-order chi connectivity index (χ1) is 10.5. The predicted molar refractivity (Wildman–Crippen MR) is 85.3 cm³/mol. The van der Waals surface area contributed by atoms with Gasteiger partial charge in [0, 0.05) is 19.0 Å². The number of benzene rings is 1. The molecular weight excluding hydrogens is 286 g/mol. The van der Waals surface area contributed by atoms with Gasteiger partial charge in [0.15, 0.2) is 0 Å². The molecule has 22 heavy (non-hydrogen) atoms. The third-order valence-corrected chi connectivity index (χ3v) is 3.28. The van der Waals surface area contributed by atoms with Crippen molar-refractivity contribution in [3.8, 4) is 5.75 Å². The number of hydrogen-bond donors (Lipinski definition) is 1. The normalized spacial score (nSPS) is 10.5. The van der Waals surface area contributed by atoms with E-state index in [-0.39, 0.29) is 17.3 Å². The van der Waals surface area contributed by atoms with E-state index in [4.69, 9.17) is 4.74 Å². The highest BCUT2D eigenvalue weighted by atomic mass is 16.6. The first-order valence-electron chi connectivity index (χ1n) is 7.28. The summed E-state index contributed by atoms with van der Waals surface area (Å²) in [5.41, 5.74) is 0.364. The number of nitro benzene ring substituents is 1. The van der Waals surface area contributed by atoms with E-state index in [1.165, 1.54) is 25.3 Å². The van der Waals surface area contributed by atoms with Crippen LogP contribution in [0, 0.1) is 10.1 Å². The summed E-state index contributed by atoms with van der Waals surface area (Å²) >= 11 is 0. The number of nitrogens with one attached hydrogen (secondary N) is 1. The fourth-order valence-corrected chi connectivity index (χ4v) is 1.94. The van der Waals surface area contributed by atoms with Crippen molar-refractivity contribution < 1.29 is 14.5 Å². The van der Waals surface area contributed by atoms with E-state index in [0.29, 0.717) is 18.7 Å². The molecule has 0 radical (unpaired) electrons. The second-order valence-electron chi connectivity index (χ2n) is 5.10. The molecule has 0 unspecified atom stereocenters. The number of unbranched alkanes of at least 4 members (excludes halogenated alkanes) is 1. The lowest BCUT2D eigenvalue weighted by atomic mass is 10.2. The number of anilines is 1. The summed E-state index contributed by atoms with van der Waals surface area (Å²) in [5.74, 6) is 0.136. The third kappa shape index (κ3) is 5.69. The summed E-state index contributed by atoms with van der Waals surface area (Å²) in [6.45, 7) is 3.76. The fourth-order valence-electron chi connectivity index (χ4n) is 1.94. The van der Waals surface area contributed by atoms with Gasteiger partial charge in [-0.15, -0.1) is 0 Å². The van der Waals surface area contributed by atoms with Crippen molar-refractivity contribution in [1.82, 2.24) is 4.90 Å². The molecule has 0 spiro atoms. The molecule has 0 atom stereocenters. The molecule has 1 aromatic rings. The Morgan fingerprint density at radius 2 is 2.14 bits per heavy atom. The summed E-state index contributed by atoms with van der Waals surface area (Å²) in [4.78, 5) is 24.3. The van der Waals surface area contributed by atoms with Gasteiger partial charge in [-0.25, -0.2) is 0 Å². The quantitative estimate of drug-likeness (QED) is 0.560. The largest absolute Gasteiger partial charge is 0.494 e. The Labute approximate surface area is 130 Å². The Morgan fingerprint density at radius 3 is 2.73 bits per heavy atom. The zero-order valence-corrected chi connectivity index (χ0v) is 13.3. The number of nitrogens with zero attached hydrogens (tertiary/aromatic N) is 2. The van der Waals surface area contributed by atoms with Crippen LogP contribution in [0.1, 0.15) is 26.2 Å². The number of ether oxygens (including phenoxy) is 1. The topological polar surface area (TPSA) is 84.7 Å². The predicted octanol–water partition coefficient (Wildman–Crippen LogP) is 2.66. The van der Waals surface area contributed by atoms with Crippen LogP contribution in [0.4, 0.5) is 11.4 Å². The molecule has 7 nitrogen and oxygen atoms in total. The summed E-state index contributed by atoms with van der Waals surface area (Å²) in [6, 6.07) is 4.12. The Kier molecular flexibility index (Phi) is 7.31. The van der Waals surface area contributed by atoms with E-state index in [1.807, 2.05) is 7.05 Å². The van der Waals surface area contributed by atoms with Gasteiger partial charge in [-0.1, -0.05) is 13.3 Å². The number of non-ortho nitro benzene ring substituents is 1. The highest BCUT2D eigenvalue weighted by Gasteiger charge is 2.13. The number of amides is 1. The Balaban J connectivity index is 2.58. The number of carbonyl (C=O) groups excluding carboxylic acids is 1. The van der Waals surface area contributed by atoms with Gasteiger partial charge in [0.25, 0.3) is 5.69 Å². The summed E-state index contributed by atoms with van der Waals surface area (Å²) < 4.78 is 5.09. The van der Waals surface area contributed by atoms with Crippen LogP contribution >= 0.6 is 0 Å². The van der Waals surface area contributed by atoms with Crippen molar-refractivity contribution in [3.05, 3.63) is 28.3 Å². The molecule has 0 aliphatic carbocycles. The number of hydrogen-bond acceptors (Lipinski definition) is 5. The summed E-state index contributed by atoms with van der Waals surface area (Å²) in [7, 11) is 3.39. The van der Waals surface area contributed by atoms with Crippen LogP contribution in [-0.2, 0) is 4.79 Å². The minimum Gasteiger partial charge on any atom is -0.494 e. The molecule has 0 bridgehead atoms. The van der Waals surface area contributed by atoms with Gasteiger partial charge >= 0.3 is 0 Å². The van der Waals surface area contributed by atoms with Crippen LogP contribution in [0.3, 0.4) is 0 Å². The minimum atomic E-state index is -0.503. The third-order valence-electron chi connectivity index (χ3n) is 3.28. The van der Waals surface area contributed by atoms with Gasteiger partial charge < -0.3 is 15.0 Å². The second kappa shape index (κ2) is 8.99. The molecule has 1 rings (SSSR count). The molecule has 0 aliphatic heterocycles. The van der Waals surface area contributed by atoms with Crippen LogP contribution in [0.5, 0.6) is 5.75 Å². The van der Waals surface area contributed by atoms with E-state index < -0.39 is 4.92 Å². The van der Waals surface area contributed by atoms with Gasteiger partial charge in [0.2, 0.25) is 5.91 Å². The van der Waals surface area contributed by atoms with Crippen molar-refractivity contribution in [3.63, 3.8) is 0 Å². The van der Waals surface area contributed by atoms with Gasteiger partial charge in [-0.3, -0.25) is 14.9 Å². The maximum absolute atomic E-state index is 12.0. The minimum absolute atomic E-state index is 0.0749. The van der Waals surface area contributed by atoms with Crippen LogP contribution in [0.15, 0.2) is 18.2 Å². The average Bonchev–Trinajstić information content (AvgIpc) is 2.51. The zero-order chi connectivity index (χ0) is 16.5. The summed E-state index contributed by atoms with van der Waals surface area (Å²) in [6.07, 6.45) is 2.59. The number of nitro groups is 1. The van der Waals surface area contributed by atoms with Crippen LogP contribution in [0.25, 0.3) is 0 Å². The molecule has 0 heterocycles. The van der Waals surface area contributed by atoms with E-state index in [9.17, 15) is 14.9 Å². The second-order valence-corrected chi connectivity index (χ2v) is 5.10. The molecule has 0 saturated carbocycles. The molecule has 122 valence electrons. The number of methoxy groups -OCH3 is 1. The number of rotatable bonds is 9. The molecule has 1 amide bonds. The summed E-state index contributed by atoms with van der Waals surface area (Å²) in [5, 5.41) is 13.4. The van der Waals surface area contributed by atoms with Crippen molar-refractivity contribution in [1.29, 1.82) is 0 Å². The van der Waals surface area contributed by atoms with Crippen LogP contribution in [-0.4, -0.2) is 43.0 Å². The van der Waals surface area contributed by atoms with E-state index in [1.54, 1.807) is 0 Å². The van der Waals surface area contributed by atoms with E-state index in [2.05, 4.69) is 17.1 Å². The molecular formula is C15H23N3O4.